The summed E-state index contributed by atoms with van der Waals surface area (Å²) in [5.74, 6) is 1.05. The lowest BCUT2D eigenvalue weighted by atomic mass is 9.94. The summed E-state index contributed by atoms with van der Waals surface area (Å²) in [6, 6.07) is 18.3. The SMILES string of the molecule is COc1cccc([C@@H](C(=O)NC2CCCCC2)N(Cc2ccccc2OC)C(=O)Cc2cccs2)c1. The monoisotopic (exact) mass is 506 g/mol. The van der Waals surface area contributed by atoms with Gasteiger partial charge >= 0.3 is 0 Å². The van der Waals surface area contributed by atoms with Crippen molar-refractivity contribution in [2.75, 3.05) is 14.2 Å². The average molecular weight is 507 g/mol. The van der Waals surface area contributed by atoms with Crippen molar-refractivity contribution in [3.63, 3.8) is 0 Å². The Morgan fingerprint density at radius 1 is 1.00 bits per heavy atom. The Labute approximate surface area is 217 Å². The van der Waals surface area contributed by atoms with E-state index in [0.29, 0.717) is 11.5 Å². The molecule has 2 aromatic carbocycles. The summed E-state index contributed by atoms with van der Waals surface area (Å²) in [4.78, 5) is 30.4. The van der Waals surface area contributed by atoms with Crippen LogP contribution in [0.15, 0.2) is 66.0 Å². The van der Waals surface area contributed by atoms with Gasteiger partial charge in [0.25, 0.3) is 0 Å². The Morgan fingerprint density at radius 2 is 1.81 bits per heavy atom. The molecule has 1 aliphatic rings. The van der Waals surface area contributed by atoms with E-state index in [0.717, 1.165) is 41.7 Å². The van der Waals surface area contributed by atoms with Crippen LogP contribution < -0.4 is 14.8 Å². The number of benzene rings is 2. The van der Waals surface area contributed by atoms with E-state index in [-0.39, 0.29) is 30.8 Å². The second kappa shape index (κ2) is 12.6. The van der Waals surface area contributed by atoms with E-state index in [9.17, 15) is 9.59 Å². The fourth-order valence-electron chi connectivity index (χ4n) is 4.82. The molecule has 1 aliphatic carbocycles. The first-order valence-corrected chi connectivity index (χ1v) is 13.3. The number of nitrogens with one attached hydrogen (secondary N) is 1. The lowest BCUT2D eigenvalue weighted by Crippen LogP contribution is -2.47. The predicted octanol–water partition coefficient (Wildman–Crippen LogP) is 5.53. The van der Waals surface area contributed by atoms with Crippen LogP contribution in [0.2, 0.25) is 0 Å². The van der Waals surface area contributed by atoms with Crippen LogP contribution in [-0.2, 0) is 22.6 Å². The van der Waals surface area contributed by atoms with E-state index in [4.69, 9.17) is 9.47 Å². The molecule has 7 heteroatoms. The third kappa shape index (κ3) is 6.46. The standard InChI is InChI=1S/C29H34N2O4S/c1-34-24-14-8-11-21(18-24)28(29(33)30-23-12-4-3-5-13-23)31(27(32)19-25-15-9-17-36-25)20-22-10-6-7-16-26(22)35-2/h6-11,14-18,23,28H,3-5,12-13,19-20H2,1-2H3,(H,30,33)/t28-/m0/s1. The van der Waals surface area contributed by atoms with Gasteiger partial charge in [-0.15, -0.1) is 11.3 Å². The molecule has 190 valence electrons. The van der Waals surface area contributed by atoms with E-state index >= 15 is 0 Å². The van der Waals surface area contributed by atoms with Crippen molar-refractivity contribution in [1.29, 1.82) is 0 Å². The highest BCUT2D eigenvalue weighted by atomic mass is 32.1. The molecular formula is C29H34N2O4S. The maximum Gasteiger partial charge on any atom is 0.247 e. The minimum absolute atomic E-state index is 0.116. The molecule has 1 heterocycles. The van der Waals surface area contributed by atoms with Crippen LogP contribution in [0, 0.1) is 0 Å². The smallest absolute Gasteiger partial charge is 0.247 e. The molecule has 0 spiro atoms. The van der Waals surface area contributed by atoms with Crippen molar-refractivity contribution in [1.82, 2.24) is 10.2 Å². The van der Waals surface area contributed by atoms with E-state index in [1.54, 1.807) is 30.5 Å². The van der Waals surface area contributed by atoms with E-state index in [1.807, 2.05) is 66.0 Å². The minimum atomic E-state index is -0.806. The topological polar surface area (TPSA) is 67.9 Å². The predicted molar refractivity (Wildman–Crippen MR) is 142 cm³/mol. The molecule has 2 amide bonds. The summed E-state index contributed by atoms with van der Waals surface area (Å²) >= 11 is 1.54. The van der Waals surface area contributed by atoms with E-state index in [2.05, 4.69) is 5.32 Å². The van der Waals surface area contributed by atoms with Crippen LogP contribution >= 0.6 is 11.3 Å². The van der Waals surface area contributed by atoms with Gasteiger partial charge in [-0.25, -0.2) is 0 Å². The zero-order valence-corrected chi connectivity index (χ0v) is 21.8. The third-order valence-corrected chi connectivity index (χ3v) is 7.56. The molecule has 0 radical (unpaired) electrons. The number of hydrogen-bond donors (Lipinski definition) is 1. The first-order valence-electron chi connectivity index (χ1n) is 12.5. The van der Waals surface area contributed by atoms with Gasteiger partial charge in [-0.3, -0.25) is 9.59 Å². The van der Waals surface area contributed by atoms with Crippen molar-refractivity contribution < 1.29 is 19.1 Å². The molecule has 0 unspecified atom stereocenters. The number of thiophene rings is 1. The second-order valence-corrected chi connectivity index (χ2v) is 10.1. The van der Waals surface area contributed by atoms with Gasteiger partial charge in [0, 0.05) is 16.5 Å². The van der Waals surface area contributed by atoms with Crippen molar-refractivity contribution in [2.45, 2.75) is 57.2 Å². The molecule has 0 saturated heterocycles. The van der Waals surface area contributed by atoms with Crippen LogP contribution in [0.5, 0.6) is 11.5 Å². The number of carbonyl (C=O) groups is 2. The van der Waals surface area contributed by atoms with Gasteiger partial charge in [-0.05, 0) is 48.1 Å². The fraction of sp³-hybridized carbons (Fsp3) is 0.379. The summed E-state index contributed by atoms with van der Waals surface area (Å²) < 4.78 is 11.0. The first-order chi connectivity index (χ1) is 17.6. The van der Waals surface area contributed by atoms with Gasteiger partial charge in [-0.1, -0.05) is 55.7 Å². The number of amides is 2. The number of ether oxygens (including phenoxy) is 2. The zero-order valence-electron chi connectivity index (χ0n) is 20.9. The lowest BCUT2D eigenvalue weighted by Gasteiger charge is -2.34. The summed E-state index contributed by atoms with van der Waals surface area (Å²) in [7, 11) is 3.22. The van der Waals surface area contributed by atoms with Gasteiger partial charge < -0.3 is 19.7 Å². The van der Waals surface area contributed by atoms with Gasteiger partial charge in [0.1, 0.15) is 17.5 Å². The average Bonchev–Trinajstić information content (AvgIpc) is 3.42. The van der Waals surface area contributed by atoms with Crippen molar-refractivity contribution >= 4 is 23.2 Å². The van der Waals surface area contributed by atoms with Crippen molar-refractivity contribution in [2.24, 2.45) is 0 Å². The lowest BCUT2D eigenvalue weighted by molar-refractivity contribution is -0.141. The molecule has 1 fully saturated rings. The highest BCUT2D eigenvalue weighted by Gasteiger charge is 2.34. The molecule has 4 rings (SSSR count). The molecule has 1 saturated carbocycles. The quantitative estimate of drug-likeness (QED) is 0.393. The van der Waals surface area contributed by atoms with Crippen LogP contribution in [-0.4, -0.2) is 37.0 Å². The fourth-order valence-corrected chi connectivity index (χ4v) is 5.51. The van der Waals surface area contributed by atoms with Gasteiger partial charge in [0.2, 0.25) is 11.8 Å². The highest BCUT2D eigenvalue weighted by Crippen LogP contribution is 2.31. The van der Waals surface area contributed by atoms with Crippen LogP contribution in [0.25, 0.3) is 0 Å². The number of hydrogen-bond acceptors (Lipinski definition) is 5. The van der Waals surface area contributed by atoms with E-state index in [1.165, 1.54) is 6.42 Å². The Hall–Kier alpha value is -3.32. The Morgan fingerprint density at radius 3 is 2.53 bits per heavy atom. The Bertz CT molecular complexity index is 1140. The molecule has 1 atom stereocenters. The van der Waals surface area contributed by atoms with Crippen LogP contribution in [0.4, 0.5) is 0 Å². The number of para-hydroxylation sites is 1. The third-order valence-electron chi connectivity index (χ3n) is 6.68. The van der Waals surface area contributed by atoms with Gasteiger partial charge in [0.05, 0.1) is 27.2 Å². The van der Waals surface area contributed by atoms with Crippen molar-refractivity contribution in [3.8, 4) is 11.5 Å². The summed E-state index contributed by atoms with van der Waals surface area (Å²) in [6.45, 7) is 0.244. The Kier molecular flexibility index (Phi) is 9.01. The number of rotatable bonds is 10. The molecule has 1 N–H and O–H groups in total. The first kappa shape index (κ1) is 25.8. The maximum atomic E-state index is 13.9. The molecule has 6 nitrogen and oxygen atoms in total. The van der Waals surface area contributed by atoms with Gasteiger partial charge in [0.15, 0.2) is 0 Å². The molecule has 0 aliphatic heterocycles. The number of carbonyl (C=O) groups excluding carboxylic acids is 2. The normalized spacial score (nSPS) is 14.6. The summed E-state index contributed by atoms with van der Waals surface area (Å²) in [6.07, 6.45) is 5.57. The molecule has 0 bridgehead atoms. The van der Waals surface area contributed by atoms with E-state index < -0.39 is 6.04 Å². The minimum Gasteiger partial charge on any atom is -0.497 e. The molecule has 3 aromatic rings. The van der Waals surface area contributed by atoms with Gasteiger partial charge in [-0.2, -0.15) is 0 Å². The molecule has 36 heavy (non-hydrogen) atoms. The van der Waals surface area contributed by atoms with Crippen LogP contribution in [0.3, 0.4) is 0 Å². The second-order valence-electron chi connectivity index (χ2n) is 9.11. The molecule has 1 aromatic heterocycles. The maximum absolute atomic E-state index is 13.9. The summed E-state index contributed by atoms with van der Waals surface area (Å²) in [5.41, 5.74) is 1.56. The number of methoxy groups -OCH3 is 2. The highest BCUT2D eigenvalue weighted by molar-refractivity contribution is 7.10. The largest absolute Gasteiger partial charge is 0.497 e. The molecular weight excluding hydrogens is 472 g/mol. The number of nitrogens with zero attached hydrogens (tertiary/aromatic N) is 1. The zero-order chi connectivity index (χ0) is 25.3. The summed E-state index contributed by atoms with van der Waals surface area (Å²) in [5, 5.41) is 5.22. The van der Waals surface area contributed by atoms with Crippen molar-refractivity contribution in [3.05, 3.63) is 82.0 Å². The Balaban J connectivity index is 1.74. The van der Waals surface area contributed by atoms with Crippen LogP contribution in [0.1, 0.15) is 54.1 Å².